The average molecular weight is 140 g/mol. The van der Waals surface area contributed by atoms with E-state index in [-0.39, 0.29) is 6.10 Å². The molecule has 0 aromatic heterocycles. The molecule has 58 valence electrons. The maximum Gasteiger partial charge on any atom is 0.0695 e. The van der Waals surface area contributed by atoms with Crippen molar-refractivity contribution in [1.82, 2.24) is 0 Å². The molecule has 1 aliphatic rings. The molecule has 1 saturated carbocycles. The summed E-state index contributed by atoms with van der Waals surface area (Å²) in [6.45, 7) is 6.26. The summed E-state index contributed by atoms with van der Waals surface area (Å²) in [6.07, 6.45) is 4.15. The predicted molar refractivity (Wildman–Crippen MR) is 42.8 cm³/mol. The number of aliphatic hydroxyl groups excluding tert-OH is 1. The molecule has 1 nitrogen and oxygen atoms in total. The number of allylic oxidation sites excluding steroid dienone is 1. The lowest BCUT2D eigenvalue weighted by atomic mass is 9.67. The van der Waals surface area contributed by atoms with Gasteiger partial charge in [0, 0.05) is 0 Å². The van der Waals surface area contributed by atoms with Crippen LogP contribution in [0.1, 0.15) is 33.6 Å². The number of rotatable bonds is 1. The van der Waals surface area contributed by atoms with Crippen LogP contribution in [0.5, 0.6) is 0 Å². The van der Waals surface area contributed by atoms with E-state index in [0.29, 0.717) is 5.41 Å². The Labute approximate surface area is 62.8 Å². The first-order chi connectivity index (χ1) is 4.52. The fourth-order valence-electron chi connectivity index (χ4n) is 1.37. The minimum absolute atomic E-state index is 0.269. The highest BCUT2D eigenvalue weighted by Gasteiger charge is 2.31. The summed E-state index contributed by atoms with van der Waals surface area (Å²) in [6, 6.07) is 0. The Bertz CT molecular complexity index is 154. The third kappa shape index (κ3) is 1.40. The molecule has 0 amide bonds. The van der Waals surface area contributed by atoms with Gasteiger partial charge in [0.05, 0.1) is 6.10 Å². The maximum atomic E-state index is 9.04. The van der Waals surface area contributed by atoms with Crippen molar-refractivity contribution in [2.75, 3.05) is 0 Å². The third-order valence-electron chi connectivity index (χ3n) is 2.33. The van der Waals surface area contributed by atoms with E-state index in [2.05, 4.69) is 13.8 Å². The van der Waals surface area contributed by atoms with Gasteiger partial charge in [-0.15, -0.1) is 0 Å². The zero-order valence-corrected chi connectivity index (χ0v) is 7.02. The normalized spacial score (nSPS) is 29.8. The molecule has 1 fully saturated rings. The van der Waals surface area contributed by atoms with E-state index in [1.54, 1.807) is 6.92 Å². The molecule has 1 heteroatoms. The quantitative estimate of drug-likeness (QED) is 0.553. The second-order valence-corrected chi connectivity index (χ2v) is 3.82. The number of aliphatic hydroxyl groups is 1. The van der Waals surface area contributed by atoms with Crippen LogP contribution in [0, 0.1) is 5.41 Å². The second kappa shape index (κ2) is 2.39. The summed E-state index contributed by atoms with van der Waals surface area (Å²) in [5, 5.41) is 9.04. The molecule has 1 unspecified atom stereocenters. The lowest BCUT2D eigenvalue weighted by Gasteiger charge is -2.38. The van der Waals surface area contributed by atoms with Gasteiger partial charge in [-0.1, -0.05) is 25.5 Å². The molecule has 0 aromatic rings. The van der Waals surface area contributed by atoms with E-state index >= 15 is 0 Å². The topological polar surface area (TPSA) is 20.2 Å². The Morgan fingerprint density at radius 2 is 2.20 bits per heavy atom. The molecule has 1 N–H and O–H groups in total. The SMILES string of the molecule is CC(O)/C=C1/CCC1(C)C. The van der Waals surface area contributed by atoms with E-state index in [1.807, 2.05) is 6.08 Å². The van der Waals surface area contributed by atoms with E-state index in [0.717, 1.165) is 0 Å². The Morgan fingerprint density at radius 3 is 2.30 bits per heavy atom. The van der Waals surface area contributed by atoms with Crippen LogP contribution in [0.3, 0.4) is 0 Å². The van der Waals surface area contributed by atoms with Crippen LogP contribution in [0.25, 0.3) is 0 Å². The maximum absolute atomic E-state index is 9.04. The highest BCUT2D eigenvalue weighted by atomic mass is 16.3. The van der Waals surface area contributed by atoms with Crippen molar-refractivity contribution < 1.29 is 5.11 Å². The van der Waals surface area contributed by atoms with Crippen molar-refractivity contribution in [3.05, 3.63) is 11.6 Å². The fourth-order valence-corrected chi connectivity index (χ4v) is 1.37. The monoisotopic (exact) mass is 140 g/mol. The molecule has 0 spiro atoms. The molecule has 0 bridgehead atoms. The van der Waals surface area contributed by atoms with Crippen molar-refractivity contribution in [2.24, 2.45) is 5.41 Å². The van der Waals surface area contributed by atoms with Gasteiger partial charge in [0.15, 0.2) is 0 Å². The van der Waals surface area contributed by atoms with Gasteiger partial charge in [0.1, 0.15) is 0 Å². The highest BCUT2D eigenvalue weighted by Crippen LogP contribution is 2.45. The van der Waals surface area contributed by atoms with Crippen molar-refractivity contribution in [1.29, 1.82) is 0 Å². The Morgan fingerprint density at radius 1 is 1.60 bits per heavy atom. The molecule has 1 atom stereocenters. The summed E-state index contributed by atoms with van der Waals surface area (Å²) in [5.74, 6) is 0. The minimum atomic E-state index is -0.269. The zero-order valence-electron chi connectivity index (χ0n) is 7.02. The largest absolute Gasteiger partial charge is 0.389 e. The second-order valence-electron chi connectivity index (χ2n) is 3.82. The van der Waals surface area contributed by atoms with Gasteiger partial charge in [-0.25, -0.2) is 0 Å². The molecule has 1 rings (SSSR count). The molecule has 0 aliphatic heterocycles. The van der Waals surface area contributed by atoms with Crippen LogP contribution in [-0.2, 0) is 0 Å². The molecule has 10 heavy (non-hydrogen) atoms. The van der Waals surface area contributed by atoms with Gasteiger partial charge in [-0.3, -0.25) is 0 Å². The van der Waals surface area contributed by atoms with Crippen LogP contribution < -0.4 is 0 Å². The molecular weight excluding hydrogens is 124 g/mol. The van der Waals surface area contributed by atoms with Crippen LogP contribution in [-0.4, -0.2) is 11.2 Å². The Hall–Kier alpha value is -0.300. The third-order valence-corrected chi connectivity index (χ3v) is 2.33. The minimum Gasteiger partial charge on any atom is -0.389 e. The number of hydrogen-bond donors (Lipinski definition) is 1. The van der Waals surface area contributed by atoms with Gasteiger partial charge in [0.25, 0.3) is 0 Å². The van der Waals surface area contributed by atoms with Crippen LogP contribution in [0.2, 0.25) is 0 Å². The molecular formula is C9H16O. The number of hydrogen-bond acceptors (Lipinski definition) is 1. The molecule has 0 heterocycles. The molecule has 0 saturated heterocycles. The van der Waals surface area contributed by atoms with Gasteiger partial charge >= 0.3 is 0 Å². The van der Waals surface area contributed by atoms with Crippen molar-refractivity contribution in [3.8, 4) is 0 Å². The summed E-state index contributed by atoms with van der Waals surface area (Å²) in [7, 11) is 0. The van der Waals surface area contributed by atoms with Crippen LogP contribution in [0.4, 0.5) is 0 Å². The summed E-state index contributed by atoms with van der Waals surface area (Å²) in [4.78, 5) is 0. The van der Waals surface area contributed by atoms with Crippen molar-refractivity contribution in [2.45, 2.75) is 39.7 Å². The Balaban J connectivity index is 2.59. The van der Waals surface area contributed by atoms with Gasteiger partial charge < -0.3 is 5.11 Å². The molecule has 0 radical (unpaired) electrons. The smallest absolute Gasteiger partial charge is 0.0695 e. The van der Waals surface area contributed by atoms with Gasteiger partial charge in [0.2, 0.25) is 0 Å². The Kier molecular flexibility index (Phi) is 1.86. The summed E-state index contributed by atoms with van der Waals surface area (Å²) in [5.41, 5.74) is 1.79. The van der Waals surface area contributed by atoms with E-state index < -0.39 is 0 Å². The first-order valence-electron chi connectivity index (χ1n) is 3.91. The first kappa shape index (κ1) is 7.80. The summed E-state index contributed by atoms with van der Waals surface area (Å²) >= 11 is 0. The standard InChI is InChI=1S/C9H16O/c1-7(10)6-8-4-5-9(8,2)3/h6-7,10H,4-5H2,1-3H3/b8-6-. The van der Waals surface area contributed by atoms with Crippen molar-refractivity contribution >= 4 is 0 Å². The lowest BCUT2D eigenvalue weighted by molar-refractivity contribution is 0.230. The average Bonchev–Trinajstić information content (AvgIpc) is 1.81. The van der Waals surface area contributed by atoms with E-state index in [4.69, 9.17) is 5.11 Å². The van der Waals surface area contributed by atoms with Crippen LogP contribution >= 0.6 is 0 Å². The summed E-state index contributed by atoms with van der Waals surface area (Å²) < 4.78 is 0. The lowest BCUT2D eigenvalue weighted by Crippen LogP contribution is -2.26. The highest BCUT2D eigenvalue weighted by molar-refractivity contribution is 5.21. The van der Waals surface area contributed by atoms with E-state index in [9.17, 15) is 0 Å². The molecule has 0 aromatic carbocycles. The zero-order chi connectivity index (χ0) is 7.78. The first-order valence-corrected chi connectivity index (χ1v) is 3.91. The van der Waals surface area contributed by atoms with Crippen molar-refractivity contribution in [3.63, 3.8) is 0 Å². The molecule has 1 aliphatic carbocycles. The van der Waals surface area contributed by atoms with Gasteiger partial charge in [-0.2, -0.15) is 0 Å². The van der Waals surface area contributed by atoms with Gasteiger partial charge in [-0.05, 0) is 25.2 Å². The fraction of sp³-hybridized carbons (Fsp3) is 0.778. The predicted octanol–water partition coefficient (Wildman–Crippen LogP) is 2.11. The van der Waals surface area contributed by atoms with E-state index in [1.165, 1.54) is 18.4 Å². The van der Waals surface area contributed by atoms with Crippen LogP contribution in [0.15, 0.2) is 11.6 Å².